The Morgan fingerprint density at radius 2 is 2.62 bits per heavy atom. The zero-order valence-corrected chi connectivity index (χ0v) is 9.35. The molecule has 1 aromatic rings. The number of hydrogen-bond acceptors (Lipinski definition) is 3. The molecule has 0 N–H and O–H groups in total. The topological polar surface area (TPSA) is 33.2 Å². The molecule has 0 saturated heterocycles. The molecule has 0 unspecified atom stereocenters. The monoisotopic (exact) mass is 258 g/mol. The third-order valence-corrected chi connectivity index (χ3v) is 2.34. The summed E-state index contributed by atoms with van der Waals surface area (Å²) in [6, 6.07) is 0. The minimum atomic E-state index is -0.203. The largest absolute Gasteiger partial charge is 0.330 e. The molecule has 3 nitrogen and oxygen atoms in total. The number of carbonyl (C=O) groups excluding carboxylic acids is 1. The number of hydrogen-bond donors (Lipinski definition) is 0. The highest BCUT2D eigenvalue weighted by molar-refractivity contribution is 9.12. The number of rotatable bonds is 2. The molecule has 1 rings (SSSR count). The molecule has 0 bridgehead atoms. The first-order chi connectivity index (χ1) is 6.24. The lowest BCUT2D eigenvalue weighted by Gasteiger charge is -2.11. The van der Waals surface area contributed by atoms with Crippen molar-refractivity contribution < 1.29 is 4.79 Å². The molecule has 1 amide bonds. The molecular weight excluding hydrogens is 252 g/mol. The summed E-state index contributed by atoms with van der Waals surface area (Å²) < 4.78 is 0. The van der Waals surface area contributed by atoms with Gasteiger partial charge in [0.2, 0.25) is 0 Å². The molecule has 1 aromatic heterocycles. The first kappa shape index (κ1) is 10.2. The number of nitrogens with zero attached hydrogens (tertiary/aromatic N) is 2. The molecule has 0 aliphatic carbocycles. The Morgan fingerprint density at radius 1 is 1.85 bits per heavy atom. The Kier molecular flexibility index (Phi) is 3.93. The van der Waals surface area contributed by atoms with Crippen molar-refractivity contribution in [3.8, 4) is 10.8 Å². The predicted octanol–water partition coefficient (Wildman–Crippen LogP) is 1.46. The van der Waals surface area contributed by atoms with Gasteiger partial charge in [-0.25, -0.2) is 0 Å². The smallest absolute Gasteiger partial charge is 0.299 e. The summed E-state index contributed by atoms with van der Waals surface area (Å²) in [5, 5.41) is 0. The molecule has 0 aliphatic heterocycles. The van der Waals surface area contributed by atoms with Gasteiger partial charge in [0, 0.05) is 40.0 Å². The number of amides is 1. The Morgan fingerprint density at radius 3 is 3.15 bits per heavy atom. The maximum absolute atomic E-state index is 11.2. The molecule has 0 atom stereocenters. The molecule has 1 heterocycles. The molecule has 0 radical (unpaired) electrons. The average molecular weight is 259 g/mol. The van der Waals surface area contributed by atoms with E-state index in [4.69, 9.17) is 0 Å². The summed E-state index contributed by atoms with van der Waals surface area (Å²) in [6.07, 6.45) is 1.75. The SMILES string of the molecule is CN(Cc1cncs1)C(=O)C#CBr. The van der Waals surface area contributed by atoms with Crippen LogP contribution in [0.3, 0.4) is 0 Å². The van der Waals surface area contributed by atoms with Crippen molar-refractivity contribution in [3.63, 3.8) is 0 Å². The Labute approximate surface area is 88.9 Å². The Bertz CT molecular complexity index is 339. The van der Waals surface area contributed by atoms with Crippen LogP contribution in [0.15, 0.2) is 11.7 Å². The van der Waals surface area contributed by atoms with Gasteiger partial charge in [-0.15, -0.1) is 11.3 Å². The fourth-order valence-electron chi connectivity index (χ4n) is 0.762. The standard InChI is InChI=1S/C8H7BrN2OS/c1-11(8(12)2-3-9)5-7-4-10-6-13-7/h4,6H,5H2,1H3. The van der Waals surface area contributed by atoms with E-state index in [0.29, 0.717) is 6.54 Å². The zero-order chi connectivity index (χ0) is 9.68. The first-order valence-corrected chi connectivity index (χ1v) is 5.15. The van der Waals surface area contributed by atoms with E-state index in [1.165, 1.54) is 11.3 Å². The van der Waals surface area contributed by atoms with E-state index in [9.17, 15) is 4.79 Å². The molecule has 0 fully saturated rings. The second kappa shape index (κ2) is 5.00. The second-order valence-corrected chi connectivity index (χ2v) is 3.72. The summed E-state index contributed by atoms with van der Waals surface area (Å²) in [7, 11) is 1.71. The minimum absolute atomic E-state index is 0.203. The van der Waals surface area contributed by atoms with Crippen LogP contribution >= 0.6 is 27.3 Å². The normalized spacial score (nSPS) is 8.77. The zero-order valence-electron chi connectivity index (χ0n) is 6.95. The van der Waals surface area contributed by atoms with Crippen molar-refractivity contribution in [2.75, 3.05) is 7.05 Å². The fourth-order valence-corrected chi connectivity index (χ4v) is 1.58. The van der Waals surface area contributed by atoms with Gasteiger partial charge in [0.05, 0.1) is 12.1 Å². The molecule has 0 aliphatic rings. The summed E-state index contributed by atoms with van der Waals surface area (Å²) in [6.45, 7) is 0.561. The lowest BCUT2D eigenvalue weighted by atomic mass is 10.4. The van der Waals surface area contributed by atoms with Crippen LogP contribution in [0.5, 0.6) is 0 Å². The van der Waals surface area contributed by atoms with Crippen LogP contribution in [0.4, 0.5) is 0 Å². The maximum atomic E-state index is 11.2. The van der Waals surface area contributed by atoms with E-state index in [2.05, 4.69) is 31.7 Å². The van der Waals surface area contributed by atoms with Crippen LogP contribution in [0.1, 0.15) is 4.88 Å². The van der Waals surface area contributed by atoms with Crippen molar-refractivity contribution in [3.05, 3.63) is 16.6 Å². The van der Waals surface area contributed by atoms with E-state index < -0.39 is 0 Å². The molecule has 0 aromatic carbocycles. The predicted molar refractivity (Wildman–Crippen MR) is 55.3 cm³/mol. The Hall–Kier alpha value is -0.860. The van der Waals surface area contributed by atoms with Crippen molar-refractivity contribution in [2.24, 2.45) is 0 Å². The number of carbonyl (C=O) groups is 1. The van der Waals surface area contributed by atoms with Crippen LogP contribution < -0.4 is 0 Å². The average Bonchev–Trinajstić information content (AvgIpc) is 2.57. The van der Waals surface area contributed by atoms with Crippen LogP contribution in [0.25, 0.3) is 0 Å². The molecular formula is C8H7BrN2OS. The number of halogens is 1. The molecule has 5 heteroatoms. The van der Waals surface area contributed by atoms with Gasteiger partial charge in [-0.05, 0) is 4.83 Å². The van der Waals surface area contributed by atoms with E-state index in [1.807, 2.05) is 0 Å². The van der Waals surface area contributed by atoms with Crippen LogP contribution in [0.2, 0.25) is 0 Å². The van der Waals surface area contributed by atoms with E-state index >= 15 is 0 Å². The molecule has 0 spiro atoms. The van der Waals surface area contributed by atoms with E-state index in [-0.39, 0.29) is 5.91 Å². The molecule has 68 valence electrons. The van der Waals surface area contributed by atoms with Crippen molar-refractivity contribution >= 4 is 33.2 Å². The van der Waals surface area contributed by atoms with Crippen LogP contribution in [-0.4, -0.2) is 22.8 Å². The van der Waals surface area contributed by atoms with Gasteiger partial charge in [0.25, 0.3) is 5.91 Å². The number of thiazole rings is 1. The lowest BCUT2D eigenvalue weighted by molar-refractivity contribution is -0.124. The first-order valence-electron chi connectivity index (χ1n) is 3.48. The van der Waals surface area contributed by atoms with Crippen LogP contribution in [-0.2, 0) is 11.3 Å². The fraction of sp³-hybridized carbons (Fsp3) is 0.250. The van der Waals surface area contributed by atoms with Crippen molar-refractivity contribution in [1.29, 1.82) is 0 Å². The highest BCUT2D eigenvalue weighted by atomic mass is 79.9. The summed E-state index contributed by atoms with van der Waals surface area (Å²) >= 11 is 4.40. The van der Waals surface area contributed by atoms with Gasteiger partial charge in [-0.3, -0.25) is 9.78 Å². The van der Waals surface area contributed by atoms with Gasteiger partial charge in [0.15, 0.2) is 0 Å². The van der Waals surface area contributed by atoms with E-state index in [0.717, 1.165) is 4.88 Å². The second-order valence-electron chi connectivity index (χ2n) is 2.35. The van der Waals surface area contributed by atoms with Crippen molar-refractivity contribution in [1.82, 2.24) is 9.88 Å². The Balaban J connectivity index is 2.54. The van der Waals surface area contributed by atoms with Gasteiger partial charge >= 0.3 is 0 Å². The summed E-state index contributed by atoms with van der Waals surface area (Å²) in [5.41, 5.74) is 1.74. The maximum Gasteiger partial charge on any atom is 0.299 e. The third-order valence-electron chi connectivity index (χ3n) is 1.38. The van der Waals surface area contributed by atoms with Crippen molar-refractivity contribution in [2.45, 2.75) is 6.54 Å². The summed E-state index contributed by atoms with van der Waals surface area (Å²) in [4.78, 5) is 20.1. The van der Waals surface area contributed by atoms with E-state index in [1.54, 1.807) is 23.7 Å². The number of aromatic nitrogens is 1. The van der Waals surface area contributed by atoms with Gasteiger partial charge in [0.1, 0.15) is 0 Å². The van der Waals surface area contributed by atoms with Gasteiger partial charge in [-0.1, -0.05) is 0 Å². The molecule has 0 saturated carbocycles. The molecule has 13 heavy (non-hydrogen) atoms. The minimum Gasteiger partial charge on any atom is -0.330 e. The highest BCUT2D eigenvalue weighted by Crippen LogP contribution is 2.07. The van der Waals surface area contributed by atoms with Gasteiger partial charge in [-0.2, -0.15) is 0 Å². The third kappa shape index (κ3) is 3.17. The van der Waals surface area contributed by atoms with Gasteiger partial charge < -0.3 is 4.90 Å². The quantitative estimate of drug-likeness (QED) is 0.753. The highest BCUT2D eigenvalue weighted by Gasteiger charge is 2.06. The summed E-state index contributed by atoms with van der Waals surface area (Å²) in [5.74, 6) is 2.19. The van der Waals surface area contributed by atoms with Crippen LogP contribution in [0, 0.1) is 10.8 Å². The lowest BCUT2D eigenvalue weighted by Crippen LogP contribution is -2.23.